The molecule has 0 aliphatic rings. The molecule has 0 aliphatic carbocycles. The molecule has 3 N–H and O–H groups in total. The van der Waals surface area contributed by atoms with Crippen molar-refractivity contribution < 1.29 is 0 Å². The maximum atomic E-state index is 5.53. The van der Waals surface area contributed by atoms with Gasteiger partial charge >= 0.3 is 0 Å². The van der Waals surface area contributed by atoms with E-state index in [0.29, 0.717) is 5.82 Å². The maximum absolute atomic E-state index is 5.53. The standard InChI is InChI=1S/C12H12IN3/c1-8-6-9(13)2-4-11(8)16-10-3-5-12(14)15-7-10/h2-7,16H,1H3,(H2,14,15). The molecular weight excluding hydrogens is 313 g/mol. The Labute approximate surface area is 108 Å². The van der Waals surface area contributed by atoms with Crippen molar-refractivity contribution in [1.29, 1.82) is 0 Å². The number of anilines is 3. The van der Waals surface area contributed by atoms with E-state index in [9.17, 15) is 0 Å². The van der Waals surface area contributed by atoms with Crippen LogP contribution in [0.5, 0.6) is 0 Å². The number of pyridine rings is 1. The normalized spacial score (nSPS) is 10.1. The van der Waals surface area contributed by atoms with Crippen molar-refractivity contribution in [3.05, 3.63) is 45.7 Å². The number of halogens is 1. The van der Waals surface area contributed by atoms with Gasteiger partial charge in [-0.3, -0.25) is 0 Å². The van der Waals surface area contributed by atoms with E-state index in [1.165, 1.54) is 9.13 Å². The minimum atomic E-state index is 0.532. The summed E-state index contributed by atoms with van der Waals surface area (Å²) in [7, 11) is 0. The van der Waals surface area contributed by atoms with Crippen molar-refractivity contribution in [2.75, 3.05) is 11.1 Å². The van der Waals surface area contributed by atoms with Gasteiger partial charge in [0.2, 0.25) is 0 Å². The molecule has 0 amide bonds. The zero-order valence-electron chi connectivity index (χ0n) is 8.87. The molecule has 1 aromatic carbocycles. The van der Waals surface area contributed by atoms with E-state index in [0.717, 1.165) is 11.4 Å². The van der Waals surface area contributed by atoms with E-state index in [4.69, 9.17) is 5.73 Å². The Kier molecular flexibility index (Phi) is 3.28. The summed E-state index contributed by atoms with van der Waals surface area (Å²) in [6, 6.07) is 9.96. The van der Waals surface area contributed by atoms with Crippen LogP contribution in [0.25, 0.3) is 0 Å². The lowest BCUT2D eigenvalue weighted by Gasteiger charge is -2.09. The number of nitrogens with two attached hydrogens (primary N) is 1. The first-order valence-corrected chi connectivity index (χ1v) is 5.98. The molecule has 2 aromatic rings. The topological polar surface area (TPSA) is 50.9 Å². The van der Waals surface area contributed by atoms with Gasteiger partial charge in [-0.05, 0) is 65.4 Å². The molecule has 0 unspecified atom stereocenters. The lowest BCUT2D eigenvalue weighted by molar-refractivity contribution is 1.32. The fourth-order valence-corrected chi connectivity index (χ4v) is 2.05. The predicted molar refractivity (Wildman–Crippen MR) is 75.8 cm³/mol. The number of nitrogens with one attached hydrogen (secondary N) is 1. The number of hydrogen-bond donors (Lipinski definition) is 2. The highest BCUT2D eigenvalue weighted by atomic mass is 127. The SMILES string of the molecule is Cc1cc(I)ccc1Nc1ccc(N)nc1. The zero-order valence-corrected chi connectivity index (χ0v) is 11.0. The number of aromatic nitrogens is 1. The summed E-state index contributed by atoms with van der Waals surface area (Å²) in [5, 5.41) is 3.31. The second-order valence-corrected chi connectivity index (χ2v) is 4.80. The third kappa shape index (κ3) is 2.63. The summed E-state index contributed by atoms with van der Waals surface area (Å²) in [4.78, 5) is 4.04. The summed E-state index contributed by atoms with van der Waals surface area (Å²) < 4.78 is 1.23. The average molecular weight is 325 g/mol. The third-order valence-electron chi connectivity index (χ3n) is 2.25. The molecule has 1 aromatic heterocycles. The van der Waals surface area contributed by atoms with Crippen molar-refractivity contribution >= 4 is 39.8 Å². The van der Waals surface area contributed by atoms with Crippen LogP contribution in [-0.2, 0) is 0 Å². The quantitative estimate of drug-likeness (QED) is 0.833. The predicted octanol–water partition coefficient (Wildman–Crippen LogP) is 3.32. The molecule has 0 saturated carbocycles. The van der Waals surface area contributed by atoms with Gasteiger partial charge in [-0.1, -0.05) is 0 Å². The van der Waals surface area contributed by atoms with Crippen LogP contribution in [-0.4, -0.2) is 4.98 Å². The molecule has 0 bridgehead atoms. The number of benzene rings is 1. The number of aryl methyl sites for hydroxylation is 1. The van der Waals surface area contributed by atoms with Crippen molar-refractivity contribution in [3.8, 4) is 0 Å². The number of nitrogens with zero attached hydrogens (tertiary/aromatic N) is 1. The largest absolute Gasteiger partial charge is 0.384 e. The highest BCUT2D eigenvalue weighted by Gasteiger charge is 1.99. The minimum absolute atomic E-state index is 0.532. The zero-order chi connectivity index (χ0) is 11.5. The van der Waals surface area contributed by atoms with Crippen LogP contribution in [0.4, 0.5) is 17.2 Å². The number of nitrogen functional groups attached to an aromatic ring is 1. The van der Waals surface area contributed by atoms with Gasteiger partial charge in [-0.2, -0.15) is 0 Å². The fraction of sp³-hybridized carbons (Fsp3) is 0.0833. The van der Waals surface area contributed by atoms with Gasteiger partial charge in [0.1, 0.15) is 5.82 Å². The summed E-state index contributed by atoms with van der Waals surface area (Å²) >= 11 is 2.30. The van der Waals surface area contributed by atoms with Gasteiger partial charge in [0.25, 0.3) is 0 Å². The van der Waals surface area contributed by atoms with Gasteiger partial charge in [0.05, 0.1) is 11.9 Å². The van der Waals surface area contributed by atoms with Gasteiger partial charge in [0, 0.05) is 9.26 Å². The summed E-state index contributed by atoms with van der Waals surface area (Å²) in [5.41, 5.74) is 8.77. The molecule has 2 rings (SSSR count). The highest BCUT2D eigenvalue weighted by molar-refractivity contribution is 14.1. The van der Waals surface area contributed by atoms with Crippen LogP contribution in [0.15, 0.2) is 36.5 Å². The van der Waals surface area contributed by atoms with Crippen LogP contribution in [0.1, 0.15) is 5.56 Å². The van der Waals surface area contributed by atoms with Gasteiger partial charge in [-0.25, -0.2) is 4.98 Å². The fourth-order valence-electron chi connectivity index (χ4n) is 1.40. The Bertz CT molecular complexity index is 494. The molecule has 0 aliphatic heterocycles. The van der Waals surface area contributed by atoms with Crippen molar-refractivity contribution in [1.82, 2.24) is 4.98 Å². The van der Waals surface area contributed by atoms with Crippen LogP contribution in [0.2, 0.25) is 0 Å². The monoisotopic (exact) mass is 325 g/mol. The van der Waals surface area contributed by atoms with E-state index in [1.807, 2.05) is 6.07 Å². The van der Waals surface area contributed by atoms with Gasteiger partial charge in [-0.15, -0.1) is 0 Å². The first-order valence-electron chi connectivity index (χ1n) is 4.90. The van der Waals surface area contributed by atoms with Crippen LogP contribution in [0, 0.1) is 10.5 Å². The Balaban J connectivity index is 2.23. The van der Waals surface area contributed by atoms with Crippen molar-refractivity contribution in [2.24, 2.45) is 0 Å². The minimum Gasteiger partial charge on any atom is -0.384 e. The van der Waals surface area contributed by atoms with Gasteiger partial charge < -0.3 is 11.1 Å². The van der Waals surface area contributed by atoms with E-state index < -0.39 is 0 Å². The summed E-state index contributed by atoms with van der Waals surface area (Å²) in [5.74, 6) is 0.532. The summed E-state index contributed by atoms with van der Waals surface area (Å²) in [6.45, 7) is 2.08. The van der Waals surface area contributed by atoms with E-state index >= 15 is 0 Å². The Morgan fingerprint density at radius 1 is 1.25 bits per heavy atom. The van der Waals surface area contributed by atoms with E-state index in [2.05, 4.69) is 58.0 Å². The molecule has 0 spiro atoms. The number of hydrogen-bond acceptors (Lipinski definition) is 3. The lowest BCUT2D eigenvalue weighted by Crippen LogP contribution is -1.95. The van der Waals surface area contributed by atoms with E-state index in [-0.39, 0.29) is 0 Å². The molecule has 3 nitrogen and oxygen atoms in total. The van der Waals surface area contributed by atoms with E-state index in [1.54, 1.807) is 12.3 Å². The molecular formula is C12H12IN3. The maximum Gasteiger partial charge on any atom is 0.123 e. The Morgan fingerprint density at radius 3 is 2.69 bits per heavy atom. The molecule has 82 valence electrons. The van der Waals surface area contributed by atoms with Crippen LogP contribution >= 0.6 is 22.6 Å². The Morgan fingerprint density at radius 2 is 2.06 bits per heavy atom. The van der Waals surface area contributed by atoms with Crippen LogP contribution in [0.3, 0.4) is 0 Å². The smallest absolute Gasteiger partial charge is 0.123 e. The molecule has 0 atom stereocenters. The van der Waals surface area contributed by atoms with Crippen LogP contribution < -0.4 is 11.1 Å². The first-order chi connectivity index (χ1) is 7.65. The molecule has 0 fully saturated rings. The molecule has 0 saturated heterocycles. The second-order valence-electron chi connectivity index (χ2n) is 3.56. The van der Waals surface area contributed by atoms with Crippen molar-refractivity contribution in [3.63, 3.8) is 0 Å². The number of rotatable bonds is 2. The third-order valence-corrected chi connectivity index (χ3v) is 2.92. The molecule has 0 radical (unpaired) electrons. The summed E-state index contributed by atoms with van der Waals surface area (Å²) in [6.07, 6.45) is 1.73. The molecule has 4 heteroatoms. The van der Waals surface area contributed by atoms with Gasteiger partial charge in [0.15, 0.2) is 0 Å². The molecule has 1 heterocycles. The average Bonchev–Trinajstić information content (AvgIpc) is 2.25. The van der Waals surface area contributed by atoms with Crippen molar-refractivity contribution in [2.45, 2.75) is 6.92 Å². The highest BCUT2D eigenvalue weighted by Crippen LogP contribution is 2.22. The second kappa shape index (κ2) is 4.69. The molecule has 16 heavy (non-hydrogen) atoms. The first kappa shape index (κ1) is 11.2. The Hall–Kier alpha value is -1.30. The lowest BCUT2D eigenvalue weighted by atomic mass is 10.2.